The van der Waals surface area contributed by atoms with Crippen molar-refractivity contribution in [3.63, 3.8) is 0 Å². The molecule has 0 spiro atoms. The molecule has 0 aliphatic carbocycles. The molecule has 2 heterocycles. The first-order valence-electron chi connectivity index (χ1n) is 6.01. The second-order valence-electron chi connectivity index (χ2n) is 4.34. The summed E-state index contributed by atoms with van der Waals surface area (Å²) in [5.41, 5.74) is 0. The molecule has 1 atom stereocenters. The Bertz CT molecular complexity index is 337. The normalized spacial score (nSPS) is 21.0. The highest BCUT2D eigenvalue weighted by Crippen LogP contribution is 2.24. The molecule has 0 amide bonds. The van der Waals surface area contributed by atoms with E-state index in [0.717, 1.165) is 31.1 Å². The minimum absolute atomic E-state index is 0.00399. The van der Waals surface area contributed by atoms with E-state index in [2.05, 4.69) is 29.3 Å². The van der Waals surface area contributed by atoms with Crippen LogP contribution in [-0.2, 0) is 11.2 Å². The summed E-state index contributed by atoms with van der Waals surface area (Å²) in [6.07, 6.45) is 0.773. The zero-order valence-electron chi connectivity index (χ0n) is 10.3. The van der Waals surface area contributed by atoms with E-state index in [4.69, 9.17) is 9.26 Å². The van der Waals surface area contributed by atoms with Gasteiger partial charge in [0.15, 0.2) is 0 Å². The van der Waals surface area contributed by atoms with Crippen LogP contribution >= 0.6 is 11.8 Å². The number of hydrogen-bond acceptors (Lipinski definition) is 6. The molecule has 1 aromatic heterocycles. The average molecular weight is 257 g/mol. The third-order valence-electron chi connectivity index (χ3n) is 2.48. The van der Waals surface area contributed by atoms with Crippen molar-refractivity contribution in [2.24, 2.45) is 0 Å². The van der Waals surface area contributed by atoms with Crippen LogP contribution in [0.2, 0.25) is 0 Å². The summed E-state index contributed by atoms with van der Waals surface area (Å²) in [6, 6.07) is 0.482. The molecule has 6 heteroatoms. The summed E-state index contributed by atoms with van der Waals surface area (Å²) in [7, 11) is 0. The molecule has 96 valence electrons. The van der Waals surface area contributed by atoms with Crippen molar-refractivity contribution in [3.8, 4) is 0 Å². The number of thioether (sulfide) groups is 1. The Morgan fingerprint density at radius 2 is 2.41 bits per heavy atom. The van der Waals surface area contributed by atoms with Crippen LogP contribution in [0.5, 0.6) is 0 Å². The maximum Gasteiger partial charge on any atom is 0.228 e. The van der Waals surface area contributed by atoms with E-state index in [9.17, 15) is 0 Å². The second-order valence-corrected chi connectivity index (χ2v) is 5.49. The first-order chi connectivity index (χ1) is 8.25. The van der Waals surface area contributed by atoms with Gasteiger partial charge in [-0.25, -0.2) is 0 Å². The molecule has 1 aliphatic heterocycles. The Labute approximate surface area is 106 Å². The number of ether oxygens (including phenoxy) is 1. The van der Waals surface area contributed by atoms with Gasteiger partial charge in [0, 0.05) is 30.5 Å². The van der Waals surface area contributed by atoms with Crippen molar-refractivity contribution in [3.05, 3.63) is 11.7 Å². The Balaban J connectivity index is 1.82. The van der Waals surface area contributed by atoms with Crippen LogP contribution < -0.4 is 5.32 Å². The van der Waals surface area contributed by atoms with E-state index in [-0.39, 0.29) is 6.10 Å². The Kier molecular flexibility index (Phi) is 4.82. The molecule has 1 fully saturated rings. The van der Waals surface area contributed by atoms with E-state index < -0.39 is 0 Å². The monoisotopic (exact) mass is 257 g/mol. The summed E-state index contributed by atoms with van der Waals surface area (Å²) in [5.74, 6) is 3.35. The fourth-order valence-electron chi connectivity index (χ4n) is 1.60. The molecule has 1 aromatic rings. The van der Waals surface area contributed by atoms with Crippen molar-refractivity contribution in [1.29, 1.82) is 0 Å². The standard InChI is InChI=1S/C11H19N3O2S/c1-8(2)12-4-3-10-13-11(14-16-10)9-7-17-6-5-15-9/h8-9,12H,3-7H2,1-2H3. The SMILES string of the molecule is CC(C)NCCc1nc(C2CSCCO2)no1. The van der Waals surface area contributed by atoms with Gasteiger partial charge in [-0.3, -0.25) is 0 Å². The van der Waals surface area contributed by atoms with Crippen molar-refractivity contribution in [1.82, 2.24) is 15.5 Å². The van der Waals surface area contributed by atoms with Gasteiger partial charge in [-0.2, -0.15) is 16.7 Å². The molecule has 0 radical (unpaired) electrons. The third kappa shape index (κ3) is 3.97. The molecule has 5 nitrogen and oxygen atoms in total. The number of nitrogens with one attached hydrogen (secondary N) is 1. The van der Waals surface area contributed by atoms with Crippen molar-refractivity contribution in [2.45, 2.75) is 32.4 Å². The zero-order chi connectivity index (χ0) is 12.1. The largest absolute Gasteiger partial charge is 0.368 e. The van der Waals surface area contributed by atoms with Crippen LogP contribution in [0.4, 0.5) is 0 Å². The van der Waals surface area contributed by atoms with Gasteiger partial charge in [-0.15, -0.1) is 0 Å². The fraction of sp³-hybridized carbons (Fsp3) is 0.818. The van der Waals surface area contributed by atoms with Gasteiger partial charge in [0.05, 0.1) is 6.61 Å². The topological polar surface area (TPSA) is 60.2 Å². The summed E-state index contributed by atoms with van der Waals surface area (Å²) < 4.78 is 10.8. The van der Waals surface area contributed by atoms with Gasteiger partial charge in [0.25, 0.3) is 0 Å². The van der Waals surface area contributed by atoms with Gasteiger partial charge >= 0.3 is 0 Å². The van der Waals surface area contributed by atoms with Crippen molar-refractivity contribution < 1.29 is 9.26 Å². The number of rotatable bonds is 5. The molecular weight excluding hydrogens is 238 g/mol. The van der Waals surface area contributed by atoms with Crippen molar-refractivity contribution >= 4 is 11.8 Å². The van der Waals surface area contributed by atoms with Crippen LogP contribution in [0, 0.1) is 0 Å². The predicted molar refractivity (Wildman–Crippen MR) is 67.2 cm³/mol. The van der Waals surface area contributed by atoms with E-state index in [1.54, 1.807) is 0 Å². The van der Waals surface area contributed by atoms with Crippen LogP contribution in [0.1, 0.15) is 31.7 Å². The maximum absolute atomic E-state index is 5.60. The minimum atomic E-state index is 0.00399. The smallest absolute Gasteiger partial charge is 0.228 e. The maximum atomic E-state index is 5.60. The first-order valence-corrected chi connectivity index (χ1v) is 7.16. The number of aromatic nitrogens is 2. The summed E-state index contributed by atoms with van der Waals surface area (Å²) in [5, 5.41) is 7.31. The van der Waals surface area contributed by atoms with E-state index in [1.807, 2.05) is 11.8 Å². The zero-order valence-corrected chi connectivity index (χ0v) is 11.1. The average Bonchev–Trinajstić information content (AvgIpc) is 2.78. The molecule has 17 heavy (non-hydrogen) atoms. The van der Waals surface area contributed by atoms with E-state index >= 15 is 0 Å². The van der Waals surface area contributed by atoms with Crippen LogP contribution in [0.3, 0.4) is 0 Å². The van der Waals surface area contributed by atoms with Gasteiger partial charge in [0.1, 0.15) is 6.10 Å². The lowest BCUT2D eigenvalue weighted by molar-refractivity contribution is 0.0677. The number of hydrogen-bond donors (Lipinski definition) is 1. The third-order valence-corrected chi connectivity index (χ3v) is 3.47. The second kappa shape index (κ2) is 6.37. The molecule has 0 saturated carbocycles. The Morgan fingerprint density at radius 1 is 1.53 bits per heavy atom. The van der Waals surface area contributed by atoms with Gasteiger partial charge in [-0.05, 0) is 0 Å². The van der Waals surface area contributed by atoms with Gasteiger partial charge in [-0.1, -0.05) is 19.0 Å². The quantitative estimate of drug-likeness (QED) is 0.860. The molecule has 0 bridgehead atoms. The summed E-state index contributed by atoms with van der Waals surface area (Å²) in [4.78, 5) is 4.37. The highest BCUT2D eigenvalue weighted by Gasteiger charge is 2.21. The van der Waals surface area contributed by atoms with Crippen LogP contribution in [0.25, 0.3) is 0 Å². The highest BCUT2D eigenvalue weighted by atomic mass is 32.2. The lowest BCUT2D eigenvalue weighted by Gasteiger charge is -2.18. The van der Waals surface area contributed by atoms with Gasteiger partial charge < -0.3 is 14.6 Å². The fourth-order valence-corrected chi connectivity index (χ4v) is 2.45. The first kappa shape index (κ1) is 12.9. The number of nitrogens with zero attached hydrogens (tertiary/aromatic N) is 2. The Hall–Kier alpha value is -0.590. The van der Waals surface area contributed by atoms with Crippen molar-refractivity contribution in [2.75, 3.05) is 24.7 Å². The lowest BCUT2D eigenvalue weighted by atomic mass is 10.3. The summed E-state index contributed by atoms with van der Waals surface area (Å²) in [6.45, 7) is 5.87. The molecule has 1 N–H and O–H groups in total. The molecular formula is C11H19N3O2S. The molecule has 1 saturated heterocycles. The lowest BCUT2D eigenvalue weighted by Crippen LogP contribution is -2.25. The highest BCUT2D eigenvalue weighted by molar-refractivity contribution is 7.99. The van der Waals surface area contributed by atoms with E-state index in [0.29, 0.717) is 17.8 Å². The predicted octanol–water partition coefficient (Wildman–Crippen LogP) is 1.41. The van der Waals surface area contributed by atoms with Crippen LogP contribution in [0.15, 0.2) is 4.52 Å². The Morgan fingerprint density at radius 3 is 3.12 bits per heavy atom. The molecule has 1 aliphatic rings. The van der Waals surface area contributed by atoms with Crippen LogP contribution in [-0.4, -0.2) is 40.8 Å². The summed E-state index contributed by atoms with van der Waals surface area (Å²) >= 11 is 1.87. The molecule has 1 unspecified atom stereocenters. The molecule has 0 aromatic carbocycles. The molecule has 2 rings (SSSR count). The van der Waals surface area contributed by atoms with E-state index in [1.165, 1.54) is 0 Å². The van der Waals surface area contributed by atoms with Gasteiger partial charge in [0.2, 0.25) is 11.7 Å². The minimum Gasteiger partial charge on any atom is -0.368 e.